The summed E-state index contributed by atoms with van der Waals surface area (Å²) in [5.74, 6) is 3.01. The van der Waals surface area contributed by atoms with E-state index >= 15 is 0 Å². The summed E-state index contributed by atoms with van der Waals surface area (Å²) >= 11 is 0. The highest BCUT2D eigenvalue weighted by atomic mass is 14.5. The maximum atomic E-state index is 2.56. The lowest BCUT2D eigenvalue weighted by atomic mass is 9.60. The van der Waals surface area contributed by atoms with Gasteiger partial charge in [0.05, 0.1) is 0 Å². The van der Waals surface area contributed by atoms with Crippen LogP contribution in [0.1, 0.15) is 103 Å². The predicted octanol–water partition coefficient (Wildman–Crippen LogP) is 9.74. The molecule has 176 valence electrons. The van der Waals surface area contributed by atoms with E-state index in [0.29, 0.717) is 35.5 Å². The van der Waals surface area contributed by atoms with Gasteiger partial charge in [-0.05, 0) is 62.5 Å². The third kappa shape index (κ3) is 3.65. The van der Waals surface area contributed by atoms with Crippen molar-refractivity contribution in [3.8, 4) is 0 Å². The van der Waals surface area contributed by atoms with Gasteiger partial charge in [0.2, 0.25) is 0 Å². The lowest BCUT2D eigenvalue weighted by molar-refractivity contribution is 0.257. The molecule has 0 spiro atoms. The van der Waals surface area contributed by atoms with Crippen LogP contribution in [-0.4, -0.2) is 0 Å². The van der Waals surface area contributed by atoms with E-state index in [4.69, 9.17) is 0 Å². The Balaban J connectivity index is 2.01. The van der Waals surface area contributed by atoms with Crippen molar-refractivity contribution < 1.29 is 0 Å². The first-order chi connectivity index (χ1) is 15.5. The Hall–Kier alpha value is -2.08. The number of benzene rings is 2. The highest BCUT2D eigenvalue weighted by Gasteiger charge is 2.50. The maximum absolute atomic E-state index is 2.56. The average molecular weight is 441 g/mol. The molecule has 2 aromatic rings. The maximum Gasteiger partial charge on any atom is 0.0123 e. The molecule has 0 bridgehead atoms. The third-order valence-corrected chi connectivity index (χ3v) is 8.25. The topological polar surface area (TPSA) is 0 Å². The summed E-state index contributed by atoms with van der Waals surface area (Å²) in [4.78, 5) is 0. The molecular weight excluding hydrogens is 396 g/mol. The number of fused-ring (bicyclic) bond motifs is 2. The van der Waals surface area contributed by atoms with Crippen molar-refractivity contribution in [1.82, 2.24) is 0 Å². The van der Waals surface area contributed by atoms with Crippen molar-refractivity contribution in [3.63, 3.8) is 0 Å². The van der Waals surface area contributed by atoms with Crippen LogP contribution in [0.5, 0.6) is 0 Å². The van der Waals surface area contributed by atoms with Gasteiger partial charge in [-0.1, -0.05) is 129 Å². The lowest BCUT2D eigenvalue weighted by Crippen LogP contribution is -2.32. The highest BCUT2D eigenvalue weighted by Crippen LogP contribution is 2.64. The van der Waals surface area contributed by atoms with Crippen LogP contribution in [0, 0.1) is 29.1 Å². The molecule has 0 radical (unpaired) electrons. The molecule has 0 nitrogen and oxygen atoms in total. The smallest absolute Gasteiger partial charge is 0.0123 e. The normalized spacial score (nSPS) is 20.7. The van der Waals surface area contributed by atoms with Gasteiger partial charge >= 0.3 is 0 Å². The minimum atomic E-state index is 0.0681. The van der Waals surface area contributed by atoms with Crippen molar-refractivity contribution in [1.29, 1.82) is 0 Å². The highest BCUT2D eigenvalue weighted by molar-refractivity contribution is 5.83. The van der Waals surface area contributed by atoms with Gasteiger partial charge in [0, 0.05) is 11.8 Å². The van der Waals surface area contributed by atoms with E-state index in [1.54, 1.807) is 33.4 Å². The van der Waals surface area contributed by atoms with Gasteiger partial charge in [-0.2, -0.15) is 0 Å². The van der Waals surface area contributed by atoms with Gasteiger partial charge in [-0.25, -0.2) is 0 Å². The Labute approximate surface area is 203 Å². The van der Waals surface area contributed by atoms with E-state index in [1.165, 1.54) is 11.1 Å². The van der Waals surface area contributed by atoms with Crippen LogP contribution in [0.25, 0.3) is 11.1 Å². The second kappa shape index (κ2) is 8.61. The van der Waals surface area contributed by atoms with E-state index in [9.17, 15) is 0 Å². The summed E-state index contributed by atoms with van der Waals surface area (Å²) in [6.45, 7) is 24.3. The molecule has 0 heteroatoms. The Bertz CT molecular complexity index is 1010. The van der Waals surface area contributed by atoms with Crippen LogP contribution < -0.4 is 0 Å². The Morgan fingerprint density at radius 1 is 0.515 bits per heavy atom. The number of rotatable bonds is 6. The van der Waals surface area contributed by atoms with Crippen molar-refractivity contribution in [2.75, 3.05) is 0 Å². The lowest BCUT2D eigenvalue weighted by Gasteiger charge is -2.43. The van der Waals surface area contributed by atoms with E-state index < -0.39 is 0 Å². The SMILES string of the molecule is CC(C)C1=C(C(C)C)C(C(C)(C)C2C(C(C)C)=C(C(C)C)c3ccccc32)c2ccccc21. The van der Waals surface area contributed by atoms with E-state index in [0.717, 1.165) is 0 Å². The minimum Gasteiger partial charge on any atom is -0.0619 e. The summed E-state index contributed by atoms with van der Waals surface area (Å²) in [6, 6.07) is 18.6. The molecule has 0 amide bonds. The predicted molar refractivity (Wildman–Crippen MR) is 145 cm³/mol. The molecule has 2 unspecified atom stereocenters. The monoisotopic (exact) mass is 440 g/mol. The molecule has 2 aliphatic rings. The zero-order valence-electron chi connectivity index (χ0n) is 22.6. The zero-order valence-corrected chi connectivity index (χ0v) is 22.6. The molecule has 0 saturated carbocycles. The molecule has 0 aliphatic heterocycles. The van der Waals surface area contributed by atoms with Gasteiger partial charge in [-0.15, -0.1) is 0 Å². The Morgan fingerprint density at radius 3 is 1.15 bits per heavy atom. The summed E-state index contributed by atoms with van der Waals surface area (Å²) in [5, 5.41) is 0. The molecule has 0 aromatic heterocycles. The van der Waals surface area contributed by atoms with Gasteiger partial charge in [0.15, 0.2) is 0 Å². The van der Waals surface area contributed by atoms with Crippen LogP contribution in [0.3, 0.4) is 0 Å². The van der Waals surface area contributed by atoms with Crippen molar-refractivity contribution in [3.05, 3.63) is 81.9 Å². The second-order valence-corrected chi connectivity index (χ2v) is 12.2. The molecular formula is C33H44. The molecule has 0 saturated heterocycles. The fraction of sp³-hybridized carbons (Fsp3) is 0.515. The fourth-order valence-corrected chi connectivity index (χ4v) is 7.29. The van der Waals surface area contributed by atoms with Crippen molar-refractivity contribution in [2.45, 2.75) is 81.1 Å². The summed E-state index contributed by atoms with van der Waals surface area (Å²) in [6.07, 6.45) is 0. The van der Waals surface area contributed by atoms with Crippen LogP contribution in [0.4, 0.5) is 0 Å². The first kappa shape index (κ1) is 24.1. The quantitative estimate of drug-likeness (QED) is 0.419. The zero-order chi connectivity index (χ0) is 24.2. The first-order valence-electron chi connectivity index (χ1n) is 13.2. The van der Waals surface area contributed by atoms with Gasteiger partial charge in [0.25, 0.3) is 0 Å². The Kier molecular flexibility index (Phi) is 6.27. The number of hydrogen-bond donors (Lipinski definition) is 0. The van der Waals surface area contributed by atoms with Gasteiger partial charge in [0.1, 0.15) is 0 Å². The molecule has 2 aliphatic carbocycles. The van der Waals surface area contributed by atoms with Gasteiger partial charge < -0.3 is 0 Å². The molecule has 2 atom stereocenters. The molecule has 4 rings (SSSR count). The molecule has 0 N–H and O–H groups in total. The van der Waals surface area contributed by atoms with Crippen LogP contribution in [0.15, 0.2) is 59.7 Å². The number of allylic oxidation sites excluding steroid dienone is 4. The van der Waals surface area contributed by atoms with E-state index in [2.05, 4.69) is 118 Å². The molecule has 0 heterocycles. The van der Waals surface area contributed by atoms with Crippen LogP contribution >= 0.6 is 0 Å². The molecule has 0 fully saturated rings. The van der Waals surface area contributed by atoms with Crippen molar-refractivity contribution >= 4 is 11.1 Å². The summed E-state index contributed by atoms with van der Waals surface area (Å²) < 4.78 is 0. The summed E-state index contributed by atoms with van der Waals surface area (Å²) in [5.41, 5.74) is 12.7. The van der Waals surface area contributed by atoms with Crippen LogP contribution in [0.2, 0.25) is 0 Å². The first-order valence-corrected chi connectivity index (χ1v) is 13.2. The molecule has 33 heavy (non-hydrogen) atoms. The van der Waals surface area contributed by atoms with Gasteiger partial charge in [-0.3, -0.25) is 0 Å². The Morgan fingerprint density at radius 2 is 0.848 bits per heavy atom. The van der Waals surface area contributed by atoms with Crippen molar-refractivity contribution in [2.24, 2.45) is 29.1 Å². The second-order valence-electron chi connectivity index (χ2n) is 12.2. The van der Waals surface area contributed by atoms with E-state index in [1.807, 2.05) is 0 Å². The minimum absolute atomic E-state index is 0.0681. The largest absolute Gasteiger partial charge is 0.0619 e. The average Bonchev–Trinajstić information content (AvgIpc) is 3.28. The third-order valence-electron chi connectivity index (χ3n) is 8.25. The summed E-state index contributed by atoms with van der Waals surface area (Å²) in [7, 11) is 0. The fourth-order valence-electron chi connectivity index (χ4n) is 7.29. The van der Waals surface area contributed by atoms with E-state index in [-0.39, 0.29) is 5.41 Å². The number of hydrogen-bond acceptors (Lipinski definition) is 0. The standard InChI is InChI=1S/C33H44/c1-19(2)27-23-15-11-13-17-25(23)31(29(27)21(5)6)33(9,10)32-26-18-14-12-16-24(26)28(20(3)4)30(32)22(7)8/h11-22,31-32H,1-10H3. The molecule has 2 aromatic carbocycles. The van der Waals surface area contributed by atoms with Crippen LogP contribution in [-0.2, 0) is 0 Å².